The van der Waals surface area contributed by atoms with Gasteiger partial charge in [0.25, 0.3) is 5.91 Å². The summed E-state index contributed by atoms with van der Waals surface area (Å²) < 4.78 is 0. The molecule has 0 saturated heterocycles. The molecular weight excluding hydrogens is 216 g/mol. The monoisotopic (exact) mass is 228 g/mol. The van der Waals surface area contributed by atoms with Crippen LogP contribution in [0.2, 0.25) is 0 Å². The maximum atomic E-state index is 11.6. The molecule has 1 rings (SSSR count). The highest BCUT2D eigenvalue weighted by Crippen LogP contribution is 2.06. The van der Waals surface area contributed by atoms with Gasteiger partial charge in [-0.15, -0.1) is 11.6 Å². The topological polar surface area (TPSA) is 62.0 Å². The molecule has 0 radical (unpaired) electrons. The summed E-state index contributed by atoms with van der Waals surface area (Å²) in [4.78, 5) is 25.1. The first kappa shape index (κ1) is 11.8. The van der Waals surface area contributed by atoms with Crippen molar-refractivity contribution in [3.8, 4) is 0 Å². The second-order valence-corrected chi connectivity index (χ2v) is 4.18. The molecule has 15 heavy (non-hydrogen) atoms. The first-order chi connectivity index (χ1) is 6.94. The first-order valence-corrected chi connectivity index (χ1v) is 5.05. The molecular formula is C10H13ClN2O2. The lowest BCUT2D eigenvalue weighted by atomic mass is 10.1. The standard InChI is InChI=1S/C10H13ClN2O2/c1-10(2,6-11)13-9(15)7-3-4-12-8(14)5-7/h3-5H,6H2,1-2H3,(H,12,14)(H,13,15). The van der Waals surface area contributed by atoms with Gasteiger partial charge in [-0.25, -0.2) is 0 Å². The fraction of sp³-hybridized carbons (Fsp3) is 0.400. The van der Waals surface area contributed by atoms with E-state index in [2.05, 4.69) is 10.3 Å². The van der Waals surface area contributed by atoms with E-state index >= 15 is 0 Å². The van der Waals surface area contributed by atoms with Crippen molar-refractivity contribution < 1.29 is 4.79 Å². The normalized spacial score (nSPS) is 11.1. The van der Waals surface area contributed by atoms with Crippen LogP contribution in [0, 0.1) is 0 Å². The molecule has 0 saturated carbocycles. The largest absolute Gasteiger partial charge is 0.346 e. The summed E-state index contributed by atoms with van der Waals surface area (Å²) in [5.74, 6) is 0.00817. The average molecular weight is 229 g/mol. The molecule has 0 aliphatic rings. The van der Waals surface area contributed by atoms with E-state index in [0.29, 0.717) is 11.4 Å². The lowest BCUT2D eigenvalue weighted by molar-refractivity contribution is 0.0920. The highest BCUT2D eigenvalue weighted by atomic mass is 35.5. The Labute approximate surface area is 92.7 Å². The maximum absolute atomic E-state index is 11.6. The SMILES string of the molecule is CC(C)(CCl)NC(=O)c1cc[nH]c(=O)c1. The zero-order chi connectivity index (χ0) is 11.5. The van der Waals surface area contributed by atoms with Crippen LogP contribution in [0.15, 0.2) is 23.1 Å². The Kier molecular flexibility index (Phi) is 3.52. The van der Waals surface area contributed by atoms with Crippen molar-refractivity contribution in [2.75, 3.05) is 5.88 Å². The summed E-state index contributed by atoms with van der Waals surface area (Å²) in [5, 5.41) is 2.73. The lowest BCUT2D eigenvalue weighted by Crippen LogP contribution is -2.45. The van der Waals surface area contributed by atoms with Gasteiger partial charge in [0.15, 0.2) is 0 Å². The second kappa shape index (κ2) is 4.49. The number of carbonyl (C=O) groups is 1. The van der Waals surface area contributed by atoms with Gasteiger partial charge >= 0.3 is 0 Å². The summed E-state index contributed by atoms with van der Waals surface area (Å²) >= 11 is 5.67. The minimum Gasteiger partial charge on any atom is -0.346 e. The van der Waals surface area contributed by atoms with Gasteiger partial charge in [0.2, 0.25) is 5.56 Å². The number of hydrogen-bond acceptors (Lipinski definition) is 2. The van der Waals surface area contributed by atoms with Crippen LogP contribution in [0.5, 0.6) is 0 Å². The van der Waals surface area contributed by atoms with Gasteiger partial charge in [0, 0.05) is 29.2 Å². The quantitative estimate of drug-likeness (QED) is 0.762. The number of rotatable bonds is 3. The number of H-pyrrole nitrogens is 1. The summed E-state index contributed by atoms with van der Waals surface area (Å²) in [5.41, 5.74) is -0.454. The predicted octanol–water partition coefficient (Wildman–Crippen LogP) is 1.12. The van der Waals surface area contributed by atoms with Crippen molar-refractivity contribution in [2.24, 2.45) is 0 Å². The van der Waals surface area contributed by atoms with Crippen molar-refractivity contribution in [3.63, 3.8) is 0 Å². The van der Waals surface area contributed by atoms with Gasteiger partial charge in [-0.2, -0.15) is 0 Å². The molecule has 0 unspecified atom stereocenters. The Morgan fingerprint density at radius 3 is 2.80 bits per heavy atom. The van der Waals surface area contributed by atoms with E-state index in [1.165, 1.54) is 12.3 Å². The summed E-state index contributed by atoms with van der Waals surface area (Å²) in [6.45, 7) is 3.62. The fourth-order valence-corrected chi connectivity index (χ4v) is 1.07. The van der Waals surface area contributed by atoms with E-state index in [1.54, 1.807) is 6.07 Å². The number of aromatic amines is 1. The molecule has 5 heteroatoms. The van der Waals surface area contributed by atoms with Crippen molar-refractivity contribution in [1.29, 1.82) is 0 Å². The smallest absolute Gasteiger partial charge is 0.251 e. The molecule has 0 aromatic carbocycles. The Hall–Kier alpha value is -1.29. The number of pyridine rings is 1. The second-order valence-electron chi connectivity index (χ2n) is 3.91. The molecule has 1 aromatic rings. The third kappa shape index (κ3) is 3.40. The number of aromatic nitrogens is 1. The van der Waals surface area contributed by atoms with Crippen LogP contribution < -0.4 is 10.9 Å². The molecule has 1 aromatic heterocycles. The van der Waals surface area contributed by atoms with E-state index in [4.69, 9.17) is 11.6 Å². The Morgan fingerprint density at radius 1 is 1.60 bits per heavy atom. The molecule has 0 aliphatic carbocycles. The van der Waals surface area contributed by atoms with Crippen LogP contribution in [0.4, 0.5) is 0 Å². The number of amides is 1. The van der Waals surface area contributed by atoms with Gasteiger partial charge in [-0.05, 0) is 19.9 Å². The van der Waals surface area contributed by atoms with E-state index in [9.17, 15) is 9.59 Å². The molecule has 0 spiro atoms. The number of carbonyl (C=O) groups excluding carboxylic acids is 1. The highest BCUT2D eigenvalue weighted by Gasteiger charge is 2.19. The third-order valence-corrected chi connectivity index (χ3v) is 2.49. The van der Waals surface area contributed by atoms with Crippen LogP contribution >= 0.6 is 11.6 Å². The lowest BCUT2D eigenvalue weighted by Gasteiger charge is -2.23. The first-order valence-electron chi connectivity index (χ1n) is 4.52. The van der Waals surface area contributed by atoms with Crippen molar-refractivity contribution >= 4 is 17.5 Å². The minimum absolute atomic E-state index is 0.299. The van der Waals surface area contributed by atoms with Gasteiger partial charge < -0.3 is 10.3 Å². The molecule has 1 amide bonds. The van der Waals surface area contributed by atoms with E-state index in [0.717, 1.165) is 0 Å². The number of hydrogen-bond donors (Lipinski definition) is 2. The molecule has 0 fully saturated rings. The molecule has 0 aliphatic heterocycles. The summed E-state index contributed by atoms with van der Waals surface area (Å²) in [7, 11) is 0. The van der Waals surface area contributed by atoms with E-state index in [-0.39, 0.29) is 11.5 Å². The molecule has 2 N–H and O–H groups in total. The van der Waals surface area contributed by atoms with Crippen LogP contribution in [-0.2, 0) is 0 Å². The number of alkyl halides is 1. The summed E-state index contributed by atoms with van der Waals surface area (Å²) in [6, 6.07) is 2.79. The molecule has 0 atom stereocenters. The highest BCUT2D eigenvalue weighted by molar-refractivity contribution is 6.18. The Bertz CT molecular complexity index is 412. The zero-order valence-electron chi connectivity index (χ0n) is 8.63. The van der Waals surface area contributed by atoms with Crippen LogP contribution in [-0.4, -0.2) is 22.3 Å². The minimum atomic E-state index is -0.485. The van der Waals surface area contributed by atoms with Gasteiger partial charge in [0.05, 0.1) is 0 Å². The Morgan fingerprint density at radius 2 is 2.27 bits per heavy atom. The fourth-order valence-electron chi connectivity index (χ4n) is 0.999. The average Bonchev–Trinajstić information content (AvgIpc) is 2.17. The predicted molar refractivity (Wildman–Crippen MR) is 59.3 cm³/mol. The van der Waals surface area contributed by atoms with Crippen LogP contribution in [0.25, 0.3) is 0 Å². The number of nitrogens with one attached hydrogen (secondary N) is 2. The van der Waals surface area contributed by atoms with Crippen LogP contribution in [0.3, 0.4) is 0 Å². The van der Waals surface area contributed by atoms with Crippen molar-refractivity contribution in [3.05, 3.63) is 34.2 Å². The third-order valence-electron chi connectivity index (χ3n) is 1.82. The van der Waals surface area contributed by atoms with E-state index in [1.807, 2.05) is 13.8 Å². The van der Waals surface area contributed by atoms with Gasteiger partial charge in [0.1, 0.15) is 0 Å². The van der Waals surface area contributed by atoms with Gasteiger partial charge in [-0.3, -0.25) is 9.59 Å². The van der Waals surface area contributed by atoms with E-state index < -0.39 is 5.54 Å². The van der Waals surface area contributed by atoms with Crippen LogP contribution in [0.1, 0.15) is 24.2 Å². The zero-order valence-corrected chi connectivity index (χ0v) is 9.39. The molecule has 4 nitrogen and oxygen atoms in total. The molecule has 1 heterocycles. The Balaban J connectivity index is 2.83. The van der Waals surface area contributed by atoms with Crippen molar-refractivity contribution in [2.45, 2.75) is 19.4 Å². The summed E-state index contributed by atoms with van der Waals surface area (Å²) in [6.07, 6.45) is 1.44. The number of halogens is 1. The van der Waals surface area contributed by atoms with Gasteiger partial charge in [-0.1, -0.05) is 0 Å². The molecule has 82 valence electrons. The van der Waals surface area contributed by atoms with Crippen molar-refractivity contribution in [1.82, 2.24) is 10.3 Å². The molecule has 0 bridgehead atoms. The maximum Gasteiger partial charge on any atom is 0.251 e.